The van der Waals surface area contributed by atoms with Crippen molar-refractivity contribution in [2.45, 2.75) is 12.5 Å². The molecular formula is C13H12BrCl2N3. The molecule has 0 bridgehead atoms. The molecule has 19 heavy (non-hydrogen) atoms. The quantitative estimate of drug-likeness (QED) is 0.642. The smallest absolute Gasteiger partial charge is 0.0731 e. The summed E-state index contributed by atoms with van der Waals surface area (Å²) in [5.41, 5.74) is 4.52. The topological polar surface area (TPSA) is 50.9 Å². The van der Waals surface area contributed by atoms with Crippen LogP contribution in [0.2, 0.25) is 10.0 Å². The standard InChI is InChI=1S/C13H12BrCl2N3/c14-9-4-2-6-18-13(9)11(19-17)7-8-3-1-5-10(15)12(8)16/h1-6,11,19H,7,17H2. The molecule has 0 saturated heterocycles. The Morgan fingerprint density at radius 2 is 2.05 bits per heavy atom. The van der Waals surface area contributed by atoms with Gasteiger partial charge in [0.2, 0.25) is 0 Å². The van der Waals surface area contributed by atoms with Crippen molar-refractivity contribution in [2.24, 2.45) is 5.84 Å². The number of benzene rings is 1. The molecule has 6 heteroatoms. The Labute approximate surface area is 130 Å². The number of aromatic nitrogens is 1. The van der Waals surface area contributed by atoms with Gasteiger partial charge in [-0.3, -0.25) is 16.3 Å². The van der Waals surface area contributed by atoms with E-state index in [0.29, 0.717) is 16.5 Å². The zero-order valence-electron chi connectivity index (χ0n) is 9.91. The molecule has 1 aromatic heterocycles. The van der Waals surface area contributed by atoms with Crippen molar-refractivity contribution >= 4 is 39.1 Å². The van der Waals surface area contributed by atoms with Crippen molar-refractivity contribution < 1.29 is 0 Å². The monoisotopic (exact) mass is 359 g/mol. The number of hydrogen-bond acceptors (Lipinski definition) is 3. The summed E-state index contributed by atoms with van der Waals surface area (Å²) in [6, 6.07) is 9.18. The van der Waals surface area contributed by atoms with Crippen LogP contribution in [0.3, 0.4) is 0 Å². The number of nitrogens with two attached hydrogens (primary N) is 1. The lowest BCUT2D eigenvalue weighted by Gasteiger charge is -2.17. The second-order valence-corrected chi connectivity index (χ2v) is 5.65. The molecule has 0 aliphatic rings. The minimum atomic E-state index is -0.147. The normalized spacial score (nSPS) is 12.4. The first kappa shape index (κ1) is 14.8. The number of rotatable bonds is 4. The lowest BCUT2D eigenvalue weighted by Crippen LogP contribution is -2.30. The van der Waals surface area contributed by atoms with Gasteiger partial charge in [0.05, 0.1) is 21.8 Å². The van der Waals surface area contributed by atoms with Gasteiger partial charge in [-0.25, -0.2) is 0 Å². The van der Waals surface area contributed by atoms with Gasteiger partial charge < -0.3 is 0 Å². The molecule has 0 aliphatic heterocycles. The molecule has 0 amide bonds. The van der Waals surface area contributed by atoms with E-state index in [1.165, 1.54) is 0 Å². The summed E-state index contributed by atoms with van der Waals surface area (Å²) >= 11 is 15.7. The van der Waals surface area contributed by atoms with Gasteiger partial charge in [0.15, 0.2) is 0 Å². The Bertz CT molecular complexity index is 578. The maximum atomic E-state index is 6.19. The van der Waals surface area contributed by atoms with Gasteiger partial charge in [0, 0.05) is 10.7 Å². The zero-order valence-corrected chi connectivity index (χ0v) is 13.0. The summed E-state index contributed by atoms with van der Waals surface area (Å²) in [6.07, 6.45) is 2.33. The summed E-state index contributed by atoms with van der Waals surface area (Å²) in [5.74, 6) is 5.62. The maximum absolute atomic E-state index is 6.19. The first-order chi connectivity index (χ1) is 9.13. The van der Waals surface area contributed by atoms with Crippen molar-refractivity contribution in [1.29, 1.82) is 0 Å². The van der Waals surface area contributed by atoms with E-state index in [1.54, 1.807) is 12.3 Å². The summed E-state index contributed by atoms with van der Waals surface area (Å²) < 4.78 is 0.899. The van der Waals surface area contributed by atoms with Gasteiger partial charge in [-0.1, -0.05) is 35.3 Å². The fourth-order valence-corrected chi connectivity index (χ4v) is 2.74. The molecule has 1 heterocycles. The number of nitrogens with zero attached hydrogens (tertiary/aromatic N) is 1. The van der Waals surface area contributed by atoms with Crippen LogP contribution < -0.4 is 11.3 Å². The Morgan fingerprint density at radius 3 is 2.74 bits per heavy atom. The van der Waals surface area contributed by atoms with E-state index < -0.39 is 0 Å². The Kier molecular flexibility index (Phi) is 5.19. The van der Waals surface area contributed by atoms with Crippen LogP contribution >= 0.6 is 39.1 Å². The molecule has 0 fully saturated rings. The SMILES string of the molecule is NNC(Cc1cccc(Cl)c1Cl)c1ncccc1Br. The molecule has 2 aromatic rings. The van der Waals surface area contributed by atoms with E-state index in [-0.39, 0.29) is 6.04 Å². The molecule has 0 aliphatic carbocycles. The maximum Gasteiger partial charge on any atom is 0.0731 e. The molecule has 1 atom stereocenters. The highest BCUT2D eigenvalue weighted by Gasteiger charge is 2.17. The summed E-state index contributed by atoms with van der Waals surface area (Å²) in [6.45, 7) is 0. The highest BCUT2D eigenvalue weighted by atomic mass is 79.9. The second-order valence-electron chi connectivity index (χ2n) is 4.01. The fourth-order valence-electron chi connectivity index (χ4n) is 1.81. The number of hydrogen-bond donors (Lipinski definition) is 2. The second kappa shape index (κ2) is 6.68. The van der Waals surface area contributed by atoms with Crippen LogP contribution in [-0.4, -0.2) is 4.98 Å². The van der Waals surface area contributed by atoms with Crippen molar-refractivity contribution in [2.75, 3.05) is 0 Å². The van der Waals surface area contributed by atoms with Gasteiger partial charge in [-0.15, -0.1) is 0 Å². The van der Waals surface area contributed by atoms with Crippen molar-refractivity contribution in [3.05, 3.63) is 62.3 Å². The van der Waals surface area contributed by atoms with E-state index in [9.17, 15) is 0 Å². The number of hydrazine groups is 1. The van der Waals surface area contributed by atoms with Crippen LogP contribution in [0, 0.1) is 0 Å². The van der Waals surface area contributed by atoms with Gasteiger partial charge in [0.1, 0.15) is 0 Å². The lowest BCUT2D eigenvalue weighted by atomic mass is 10.0. The third kappa shape index (κ3) is 3.46. The molecule has 100 valence electrons. The van der Waals surface area contributed by atoms with Gasteiger partial charge >= 0.3 is 0 Å². The largest absolute Gasteiger partial charge is 0.271 e. The molecular weight excluding hydrogens is 349 g/mol. The molecule has 0 spiro atoms. The van der Waals surface area contributed by atoms with E-state index in [2.05, 4.69) is 26.3 Å². The average molecular weight is 361 g/mol. The molecule has 1 unspecified atom stereocenters. The van der Waals surface area contributed by atoms with Crippen LogP contribution in [-0.2, 0) is 6.42 Å². The van der Waals surface area contributed by atoms with Crippen LogP contribution in [0.1, 0.15) is 17.3 Å². The molecule has 3 N–H and O–H groups in total. The summed E-state index contributed by atoms with van der Waals surface area (Å²) in [5, 5.41) is 1.09. The summed E-state index contributed by atoms with van der Waals surface area (Å²) in [4.78, 5) is 4.33. The number of halogens is 3. The van der Waals surface area contributed by atoms with Gasteiger partial charge in [0.25, 0.3) is 0 Å². The predicted octanol–water partition coefficient (Wildman–Crippen LogP) is 3.90. The third-order valence-electron chi connectivity index (χ3n) is 2.77. The van der Waals surface area contributed by atoms with Gasteiger partial charge in [-0.05, 0) is 46.1 Å². The van der Waals surface area contributed by atoms with Crippen molar-refractivity contribution in [3.63, 3.8) is 0 Å². The zero-order chi connectivity index (χ0) is 13.8. The highest BCUT2D eigenvalue weighted by Crippen LogP contribution is 2.30. The minimum absolute atomic E-state index is 0.147. The van der Waals surface area contributed by atoms with Crippen molar-refractivity contribution in [3.8, 4) is 0 Å². The molecule has 0 radical (unpaired) electrons. The van der Waals surface area contributed by atoms with E-state index in [4.69, 9.17) is 29.0 Å². The minimum Gasteiger partial charge on any atom is -0.271 e. The van der Waals surface area contributed by atoms with E-state index in [1.807, 2.05) is 24.3 Å². The molecule has 0 saturated carbocycles. The summed E-state index contributed by atoms with van der Waals surface area (Å²) in [7, 11) is 0. The Balaban J connectivity index is 2.30. The number of pyridine rings is 1. The van der Waals surface area contributed by atoms with Crippen LogP contribution in [0.15, 0.2) is 41.0 Å². The van der Waals surface area contributed by atoms with Crippen LogP contribution in [0.5, 0.6) is 0 Å². The predicted molar refractivity (Wildman–Crippen MR) is 82.2 cm³/mol. The van der Waals surface area contributed by atoms with E-state index in [0.717, 1.165) is 15.7 Å². The third-order valence-corrected chi connectivity index (χ3v) is 4.30. The molecule has 1 aromatic carbocycles. The van der Waals surface area contributed by atoms with Gasteiger partial charge in [-0.2, -0.15) is 0 Å². The molecule has 3 nitrogen and oxygen atoms in total. The fraction of sp³-hybridized carbons (Fsp3) is 0.154. The first-order valence-corrected chi connectivity index (χ1v) is 7.17. The highest BCUT2D eigenvalue weighted by molar-refractivity contribution is 9.10. The number of nitrogens with one attached hydrogen (secondary N) is 1. The Hall–Kier alpha value is -0.650. The van der Waals surface area contributed by atoms with Crippen molar-refractivity contribution in [1.82, 2.24) is 10.4 Å². The van der Waals surface area contributed by atoms with E-state index >= 15 is 0 Å². The van der Waals surface area contributed by atoms with Crippen LogP contribution in [0.4, 0.5) is 0 Å². The molecule has 2 rings (SSSR count). The first-order valence-electron chi connectivity index (χ1n) is 5.63. The Morgan fingerprint density at radius 1 is 1.26 bits per heavy atom. The lowest BCUT2D eigenvalue weighted by molar-refractivity contribution is 0.536. The van der Waals surface area contributed by atoms with Crippen LogP contribution in [0.25, 0.3) is 0 Å². The average Bonchev–Trinajstić information content (AvgIpc) is 2.41.